The molecule has 0 N–H and O–H groups in total. The Morgan fingerprint density at radius 1 is 1.27 bits per heavy atom. The van der Waals surface area contributed by atoms with Gasteiger partial charge >= 0.3 is 0 Å². The van der Waals surface area contributed by atoms with Crippen molar-refractivity contribution in [3.05, 3.63) is 59.0 Å². The van der Waals surface area contributed by atoms with Gasteiger partial charge in [0, 0.05) is 18.0 Å². The second kappa shape index (κ2) is 8.26. The summed E-state index contributed by atoms with van der Waals surface area (Å²) in [6.07, 6.45) is 2.82. The van der Waals surface area contributed by atoms with E-state index in [1.54, 1.807) is 17.2 Å². The van der Waals surface area contributed by atoms with Crippen molar-refractivity contribution in [3.63, 3.8) is 0 Å². The van der Waals surface area contributed by atoms with Crippen LogP contribution in [0.1, 0.15) is 24.2 Å². The average Bonchev–Trinajstić information content (AvgIpc) is 3.03. The molecule has 22 heavy (non-hydrogen) atoms. The van der Waals surface area contributed by atoms with Gasteiger partial charge in [0.25, 0.3) is 0 Å². The van der Waals surface area contributed by atoms with Crippen molar-refractivity contribution in [1.29, 1.82) is 5.26 Å². The van der Waals surface area contributed by atoms with E-state index in [0.717, 1.165) is 5.56 Å². The molecule has 2 aromatic rings. The van der Waals surface area contributed by atoms with Crippen LogP contribution in [-0.4, -0.2) is 17.4 Å². The maximum atomic E-state index is 12.4. The van der Waals surface area contributed by atoms with E-state index in [1.165, 1.54) is 0 Å². The lowest BCUT2D eigenvalue weighted by Gasteiger charge is -2.20. The predicted molar refractivity (Wildman–Crippen MR) is 84.1 cm³/mol. The van der Waals surface area contributed by atoms with Crippen LogP contribution in [0.4, 0.5) is 0 Å². The van der Waals surface area contributed by atoms with E-state index in [2.05, 4.69) is 6.07 Å². The van der Waals surface area contributed by atoms with Gasteiger partial charge in [-0.05, 0) is 30.2 Å². The van der Waals surface area contributed by atoms with Crippen molar-refractivity contribution >= 4 is 17.5 Å². The standard InChI is InChI=1S/C17H17ClN2O2/c18-16-7-2-1-5-14(16)8-9-17(21)20(11-4-10-19)13-15-6-3-12-22-15/h1-3,5-7,12H,4,8-9,11,13H2. The molecule has 5 heteroatoms. The van der Waals surface area contributed by atoms with E-state index in [0.29, 0.717) is 43.1 Å². The van der Waals surface area contributed by atoms with Gasteiger partial charge in [-0.15, -0.1) is 0 Å². The molecule has 114 valence electrons. The highest BCUT2D eigenvalue weighted by Gasteiger charge is 2.15. The molecule has 0 saturated heterocycles. The molecular formula is C17H17ClN2O2. The molecule has 0 atom stereocenters. The topological polar surface area (TPSA) is 57.2 Å². The van der Waals surface area contributed by atoms with Crippen LogP contribution in [0.3, 0.4) is 0 Å². The Balaban J connectivity index is 1.96. The molecule has 0 saturated carbocycles. The molecule has 0 aliphatic rings. The fourth-order valence-corrected chi connectivity index (χ4v) is 2.40. The Kier molecular flexibility index (Phi) is 6.05. The van der Waals surface area contributed by atoms with Gasteiger partial charge in [-0.1, -0.05) is 29.8 Å². The summed E-state index contributed by atoms with van der Waals surface area (Å²) >= 11 is 6.10. The number of rotatable bonds is 7. The van der Waals surface area contributed by atoms with Crippen LogP contribution < -0.4 is 0 Å². The summed E-state index contributed by atoms with van der Waals surface area (Å²) in [7, 11) is 0. The zero-order valence-corrected chi connectivity index (χ0v) is 12.9. The number of aryl methyl sites for hydroxylation is 1. The lowest BCUT2D eigenvalue weighted by molar-refractivity contribution is -0.132. The number of carbonyl (C=O) groups is 1. The van der Waals surface area contributed by atoms with Crippen molar-refractivity contribution < 1.29 is 9.21 Å². The van der Waals surface area contributed by atoms with E-state index >= 15 is 0 Å². The lowest BCUT2D eigenvalue weighted by Crippen LogP contribution is -2.31. The molecule has 4 nitrogen and oxygen atoms in total. The van der Waals surface area contributed by atoms with E-state index < -0.39 is 0 Å². The zero-order chi connectivity index (χ0) is 15.8. The minimum absolute atomic E-state index is 0.00781. The van der Waals surface area contributed by atoms with Crippen LogP contribution >= 0.6 is 11.6 Å². The largest absolute Gasteiger partial charge is 0.467 e. The highest BCUT2D eigenvalue weighted by Crippen LogP contribution is 2.17. The summed E-state index contributed by atoms with van der Waals surface area (Å²) in [4.78, 5) is 14.0. The summed E-state index contributed by atoms with van der Waals surface area (Å²) in [5.74, 6) is 0.704. The molecule has 0 unspecified atom stereocenters. The molecule has 1 aromatic carbocycles. The third kappa shape index (κ3) is 4.64. The number of carbonyl (C=O) groups excluding carboxylic acids is 1. The minimum Gasteiger partial charge on any atom is -0.467 e. The molecule has 1 aromatic heterocycles. The summed E-state index contributed by atoms with van der Waals surface area (Å²) in [5.41, 5.74) is 0.954. The second-order valence-corrected chi connectivity index (χ2v) is 5.30. The lowest BCUT2D eigenvalue weighted by atomic mass is 10.1. The van der Waals surface area contributed by atoms with Crippen molar-refractivity contribution in [1.82, 2.24) is 4.90 Å². The number of amides is 1. The SMILES string of the molecule is N#CCCN(Cc1ccco1)C(=O)CCc1ccccc1Cl. The van der Waals surface area contributed by atoms with Crippen LogP contribution in [0.5, 0.6) is 0 Å². The first-order valence-electron chi connectivity index (χ1n) is 7.11. The molecule has 0 aliphatic carbocycles. The summed E-state index contributed by atoms with van der Waals surface area (Å²) in [6, 6.07) is 13.2. The van der Waals surface area contributed by atoms with Crippen LogP contribution in [0.25, 0.3) is 0 Å². The highest BCUT2D eigenvalue weighted by atomic mass is 35.5. The third-order valence-corrected chi connectivity index (χ3v) is 3.71. The molecule has 0 spiro atoms. The number of nitrogens with zero attached hydrogens (tertiary/aromatic N) is 2. The summed E-state index contributed by atoms with van der Waals surface area (Å²) in [5, 5.41) is 9.41. The average molecular weight is 317 g/mol. The van der Waals surface area contributed by atoms with Crippen LogP contribution in [0, 0.1) is 11.3 Å². The van der Waals surface area contributed by atoms with Gasteiger partial charge in [-0.3, -0.25) is 4.79 Å². The number of hydrogen-bond donors (Lipinski definition) is 0. The van der Waals surface area contributed by atoms with E-state index in [1.807, 2.05) is 30.3 Å². The zero-order valence-electron chi connectivity index (χ0n) is 12.2. The normalized spacial score (nSPS) is 10.2. The van der Waals surface area contributed by atoms with Gasteiger partial charge in [0.1, 0.15) is 5.76 Å². The van der Waals surface area contributed by atoms with Crippen molar-refractivity contribution in [3.8, 4) is 6.07 Å². The fraction of sp³-hybridized carbons (Fsp3) is 0.294. The number of nitriles is 1. The number of hydrogen-bond acceptors (Lipinski definition) is 3. The minimum atomic E-state index is -0.00781. The smallest absolute Gasteiger partial charge is 0.223 e. The van der Waals surface area contributed by atoms with Crippen LogP contribution in [-0.2, 0) is 17.8 Å². The van der Waals surface area contributed by atoms with Gasteiger partial charge in [-0.25, -0.2) is 0 Å². The maximum absolute atomic E-state index is 12.4. The highest BCUT2D eigenvalue weighted by molar-refractivity contribution is 6.31. The Labute approximate surface area is 134 Å². The fourth-order valence-electron chi connectivity index (χ4n) is 2.17. The first-order valence-corrected chi connectivity index (χ1v) is 7.49. The number of halogens is 1. The molecule has 1 heterocycles. The first kappa shape index (κ1) is 16.1. The van der Waals surface area contributed by atoms with Crippen molar-refractivity contribution in [2.45, 2.75) is 25.8 Å². The van der Waals surface area contributed by atoms with Gasteiger partial charge in [-0.2, -0.15) is 5.26 Å². The van der Waals surface area contributed by atoms with E-state index in [-0.39, 0.29) is 5.91 Å². The second-order valence-electron chi connectivity index (χ2n) is 4.89. The molecule has 0 aliphatic heterocycles. The first-order chi connectivity index (χ1) is 10.7. The van der Waals surface area contributed by atoms with Gasteiger partial charge in [0.15, 0.2) is 0 Å². The molecule has 1 amide bonds. The molecular weight excluding hydrogens is 300 g/mol. The predicted octanol–water partition coefficient (Wildman–Crippen LogP) is 3.81. The molecule has 0 bridgehead atoms. The van der Waals surface area contributed by atoms with Crippen LogP contribution in [0.2, 0.25) is 5.02 Å². The monoisotopic (exact) mass is 316 g/mol. The summed E-state index contributed by atoms with van der Waals surface area (Å²) in [6.45, 7) is 0.786. The van der Waals surface area contributed by atoms with Crippen molar-refractivity contribution in [2.75, 3.05) is 6.54 Å². The number of benzene rings is 1. The van der Waals surface area contributed by atoms with Gasteiger partial charge in [0.05, 0.1) is 25.3 Å². The summed E-state index contributed by atoms with van der Waals surface area (Å²) < 4.78 is 5.28. The quantitative estimate of drug-likeness (QED) is 0.780. The van der Waals surface area contributed by atoms with Crippen molar-refractivity contribution in [2.24, 2.45) is 0 Å². The van der Waals surface area contributed by atoms with Crippen LogP contribution in [0.15, 0.2) is 47.1 Å². The maximum Gasteiger partial charge on any atom is 0.223 e. The van der Waals surface area contributed by atoms with E-state index in [9.17, 15) is 4.79 Å². The molecule has 2 rings (SSSR count). The Morgan fingerprint density at radius 2 is 2.09 bits per heavy atom. The van der Waals surface area contributed by atoms with E-state index in [4.69, 9.17) is 21.3 Å². The third-order valence-electron chi connectivity index (χ3n) is 3.34. The Hall–Kier alpha value is -2.25. The Morgan fingerprint density at radius 3 is 2.77 bits per heavy atom. The number of furan rings is 1. The Bertz CT molecular complexity index is 647. The molecule has 0 radical (unpaired) electrons. The molecule has 0 fully saturated rings. The van der Waals surface area contributed by atoms with Gasteiger partial charge in [0.2, 0.25) is 5.91 Å². The van der Waals surface area contributed by atoms with Gasteiger partial charge < -0.3 is 9.32 Å².